The van der Waals surface area contributed by atoms with Crippen LogP contribution < -0.4 is 5.48 Å². The van der Waals surface area contributed by atoms with Gasteiger partial charge in [0.25, 0.3) is 0 Å². The van der Waals surface area contributed by atoms with Crippen molar-refractivity contribution in [1.82, 2.24) is 25.7 Å². The summed E-state index contributed by atoms with van der Waals surface area (Å²) in [5.41, 5.74) is 2.81. The summed E-state index contributed by atoms with van der Waals surface area (Å²) in [7, 11) is 0. The quantitative estimate of drug-likeness (QED) is 0.675. The maximum Gasteiger partial charge on any atom is 0.191 e. The van der Waals surface area contributed by atoms with Crippen LogP contribution in [0, 0.1) is 0 Å². The molecule has 14 heavy (non-hydrogen) atoms. The number of rotatable bonds is 3. The van der Waals surface area contributed by atoms with E-state index in [-0.39, 0.29) is 6.54 Å². The van der Waals surface area contributed by atoms with Gasteiger partial charge in [0.15, 0.2) is 5.82 Å². The van der Waals surface area contributed by atoms with Gasteiger partial charge in [-0.05, 0) is 17.3 Å². The molecule has 0 saturated heterocycles. The number of aromatic nitrogens is 4. The highest BCUT2D eigenvalue weighted by molar-refractivity contribution is 5.27. The zero-order valence-electron chi connectivity index (χ0n) is 7.33. The number of tetrazole rings is 1. The summed E-state index contributed by atoms with van der Waals surface area (Å²) in [6.07, 6.45) is 0. The van der Waals surface area contributed by atoms with E-state index in [9.17, 15) is 0 Å². The van der Waals surface area contributed by atoms with Gasteiger partial charge in [0.1, 0.15) is 0 Å². The molecular formula is C8H9N5O. The molecule has 0 spiro atoms. The minimum absolute atomic E-state index is 0.187. The summed E-state index contributed by atoms with van der Waals surface area (Å²) < 4.78 is 0. The second-order valence-electron chi connectivity index (χ2n) is 2.67. The Morgan fingerprint density at radius 1 is 1.29 bits per heavy atom. The van der Waals surface area contributed by atoms with Crippen LogP contribution >= 0.6 is 0 Å². The average Bonchev–Trinajstić information content (AvgIpc) is 2.68. The zero-order chi connectivity index (χ0) is 9.80. The largest absolute Gasteiger partial charge is 0.316 e. The Balaban J connectivity index is 2.25. The minimum atomic E-state index is 0.187. The molecule has 6 heteroatoms. The Hall–Kier alpha value is -1.79. The fourth-order valence-electron chi connectivity index (χ4n) is 1.06. The molecule has 0 unspecified atom stereocenters. The maximum absolute atomic E-state index is 8.43. The summed E-state index contributed by atoms with van der Waals surface area (Å²) in [6, 6.07) is 9.44. The SMILES string of the molecule is ONCc1nnn(-c2ccccc2)n1. The third kappa shape index (κ3) is 1.76. The number of nitrogens with one attached hydrogen (secondary N) is 1. The normalized spacial score (nSPS) is 10.4. The van der Waals surface area contributed by atoms with Crippen molar-refractivity contribution in [2.24, 2.45) is 0 Å². The summed E-state index contributed by atoms with van der Waals surface area (Å²) in [5, 5.41) is 20.0. The molecule has 0 radical (unpaired) electrons. The Morgan fingerprint density at radius 2 is 2.07 bits per heavy atom. The number of nitrogens with zero attached hydrogens (tertiary/aromatic N) is 4. The molecule has 1 aromatic carbocycles. The standard InChI is InChI=1S/C8H9N5O/c14-9-6-8-10-12-13(11-8)7-4-2-1-3-5-7/h1-5,9,14H,6H2. The lowest BCUT2D eigenvalue weighted by Gasteiger charge is -1.95. The predicted octanol–water partition coefficient (Wildman–Crippen LogP) is 0.141. The number of hydroxylamine groups is 1. The Labute approximate surface area is 80.1 Å². The summed E-state index contributed by atoms with van der Waals surface area (Å²) in [6.45, 7) is 0.187. The summed E-state index contributed by atoms with van der Waals surface area (Å²) in [5.74, 6) is 0.441. The molecule has 0 fully saturated rings. The molecular weight excluding hydrogens is 182 g/mol. The van der Waals surface area contributed by atoms with Crippen molar-refractivity contribution in [3.63, 3.8) is 0 Å². The van der Waals surface area contributed by atoms with Crippen molar-refractivity contribution in [3.8, 4) is 5.69 Å². The van der Waals surface area contributed by atoms with Crippen molar-refractivity contribution in [3.05, 3.63) is 36.2 Å². The van der Waals surface area contributed by atoms with E-state index in [0.717, 1.165) is 5.69 Å². The number of benzene rings is 1. The van der Waals surface area contributed by atoms with E-state index in [0.29, 0.717) is 5.82 Å². The Kier molecular flexibility index (Phi) is 2.48. The van der Waals surface area contributed by atoms with Crippen LogP contribution in [0.1, 0.15) is 5.82 Å². The fourth-order valence-corrected chi connectivity index (χ4v) is 1.06. The first kappa shape index (κ1) is 8.79. The number of hydrogen-bond acceptors (Lipinski definition) is 5. The Bertz CT molecular complexity index is 399. The van der Waals surface area contributed by atoms with Gasteiger partial charge in [-0.1, -0.05) is 18.2 Å². The molecule has 2 rings (SSSR count). The number of para-hydroxylation sites is 1. The van der Waals surface area contributed by atoms with Gasteiger partial charge >= 0.3 is 0 Å². The van der Waals surface area contributed by atoms with E-state index in [1.165, 1.54) is 4.80 Å². The molecule has 0 bridgehead atoms. The maximum atomic E-state index is 8.43. The highest BCUT2D eigenvalue weighted by Crippen LogP contribution is 2.02. The van der Waals surface area contributed by atoms with Gasteiger partial charge in [-0.25, -0.2) is 0 Å². The molecule has 2 aromatic rings. The predicted molar refractivity (Wildman–Crippen MR) is 47.8 cm³/mol. The monoisotopic (exact) mass is 191 g/mol. The van der Waals surface area contributed by atoms with Crippen LogP contribution in [0.5, 0.6) is 0 Å². The smallest absolute Gasteiger partial charge is 0.191 e. The molecule has 1 heterocycles. The fraction of sp³-hybridized carbons (Fsp3) is 0.125. The third-order valence-electron chi connectivity index (χ3n) is 1.68. The van der Waals surface area contributed by atoms with E-state index in [1.54, 1.807) is 0 Å². The van der Waals surface area contributed by atoms with Crippen molar-refractivity contribution < 1.29 is 5.21 Å². The molecule has 0 saturated carbocycles. The first-order valence-corrected chi connectivity index (χ1v) is 4.11. The molecule has 0 amide bonds. The van der Waals surface area contributed by atoms with Crippen LogP contribution in [0.4, 0.5) is 0 Å². The molecule has 0 atom stereocenters. The van der Waals surface area contributed by atoms with Gasteiger partial charge in [0.05, 0.1) is 12.2 Å². The molecule has 2 N–H and O–H groups in total. The third-order valence-corrected chi connectivity index (χ3v) is 1.68. The summed E-state index contributed by atoms with van der Waals surface area (Å²) >= 11 is 0. The van der Waals surface area contributed by atoms with E-state index in [1.807, 2.05) is 35.8 Å². The van der Waals surface area contributed by atoms with Crippen LogP contribution in [0.3, 0.4) is 0 Å². The average molecular weight is 191 g/mol. The van der Waals surface area contributed by atoms with E-state index in [4.69, 9.17) is 5.21 Å². The lowest BCUT2D eigenvalue weighted by atomic mass is 10.3. The van der Waals surface area contributed by atoms with E-state index < -0.39 is 0 Å². The highest BCUT2D eigenvalue weighted by atomic mass is 16.5. The topological polar surface area (TPSA) is 75.9 Å². The molecule has 6 nitrogen and oxygen atoms in total. The molecule has 0 aliphatic rings. The van der Waals surface area contributed by atoms with Crippen molar-refractivity contribution in [1.29, 1.82) is 0 Å². The summed E-state index contributed by atoms with van der Waals surface area (Å²) in [4.78, 5) is 1.41. The second kappa shape index (κ2) is 3.95. The van der Waals surface area contributed by atoms with Gasteiger partial charge in [0.2, 0.25) is 0 Å². The van der Waals surface area contributed by atoms with Crippen LogP contribution in [-0.2, 0) is 6.54 Å². The van der Waals surface area contributed by atoms with Crippen molar-refractivity contribution >= 4 is 0 Å². The molecule has 0 aliphatic carbocycles. The lowest BCUT2D eigenvalue weighted by Crippen LogP contribution is -2.08. The van der Waals surface area contributed by atoms with Crippen LogP contribution in [0.25, 0.3) is 5.69 Å². The van der Waals surface area contributed by atoms with Crippen LogP contribution in [-0.4, -0.2) is 25.4 Å². The molecule has 0 aliphatic heterocycles. The van der Waals surface area contributed by atoms with Crippen molar-refractivity contribution in [2.75, 3.05) is 0 Å². The first-order valence-electron chi connectivity index (χ1n) is 4.11. The van der Waals surface area contributed by atoms with Crippen LogP contribution in [0.15, 0.2) is 30.3 Å². The minimum Gasteiger partial charge on any atom is -0.316 e. The highest BCUT2D eigenvalue weighted by Gasteiger charge is 2.02. The number of hydrogen-bond donors (Lipinski definition) is 2. The van der Waals surface area contributed by atoms with E-state index in [2.05, 4.69) is 15.4 Å². The van der Waals surface area contributed by atoms with Gasteiger partial charge in [-0.15, -0.1) is 15.0 Å². The first-order chi connectivity index (χ1) is 6.90. The van der Waals surface area contributed by atoms with E-state index >= 15 is 0 Å². The van der Waals surface area contributed by atoms with Gasteiger partial charge < -0.3 is 5.21 Å². The van der Waals surface area contributed by atoms with Crippen molar-refractivity contribution in [2.45, 2.75) is 6.54 Å². The molecule has 1 aromatic heterocycles. The second-order valence-corrected chi connectivity index (χ2v) is 2.67. The van der Waals surface area contributed by atoms with Gasteiger partial charge in [-0.3, -0.25) is 0 Å². The van der Waals surface area contributed by atoms with Gasteiger partial charge in [-0.2, -0.15) is 5.48 Å². The zero-order valence-corrected chi connectivity index (χ0v) is 7.33. The lowest BCUT2D eigenvalue weighted by molar-refractivity contribution is 0.158. The Morgan fingerprint density at radius 3 is 2.79 bits per heavy atom. The molecule has 72 valence electrons. The van der Waals surface area contributed by atoms with Gasteiger partial charge in [0, 0.05) is 0 Å². The van der Waals surface area contributed by atoms with Crippen LogP contribution in [0.2, 0.25) is 0 Å².